The molecule has 14 heteroatoms. The lowest BCUT2D eigenvalue weighted by atomic mass is 9.99. The van der Waals surface area contributed by atoms with Crippen molar-refractivity contribution in [3.63, 3.8) is 0 Å². The number of carbonyl (C=O) groups is 1. The molecular weight excluding hydrogens is 412 g/mol. The molecule has 0 atom stereocenters. The van der Waals surface area contributed by atoms with Crippen molar-refractivity contribution >= 4 is 23.3 Å². The van der Waals surface area contributed by atoms with Gasteiger partial charge in [-0.2, -0.15) is 5.48 Å². The molecule has 0 fully saturated rings. The number of carbonyl (C=O) groups excluding carboxylic acids is 1. The quantitative estimate of drug-likeness (QED) is 0.0937. The Morgan fingerprint density at radius 1 is 1.29 bits per heavy atom. The summed E-state index contributed by atoms with van der Waals surface area (Å²) in [6.07, 6.45) is 2.55. The summed E-state index contributed by atoms with van der Waals surface area (Å²) < 4.78 is 1.09. The molecule has 0 unspecified atom stereocenters. The van der Waals surface area contributed by atoms with Crippen LogP contribution in [-0.2, 0) is 16.2 Å². The van der Waals surface area contributed by atoms with Crippen molar-refractivity contribution in [1.29, 1.82) is 0 Å². The summed E-state index contributed by atoms with van der Waals surface area (Å²) in [4.78, 5) is 31.2. The van der Waals surface area contributed by atoms with E-state index in [-0.39, 0.29) is 25.4 Å². The highest BCUT2D eigenvalue weighted by molar-refractivity contribution is 5.96. The topological polar surface area (TPSA) is 189 Å². The van der Waals surface area contributed by atoms with Gasteiger partial charge in [-0.1, -0.05) is 15.3 Å². The van der Waals surface area contributed by atoms with E-state index >= 15 is 0 Å². The van der Waals surface area contributed by atoms with Gasteiger partial charge in [0.15, 0.2) is 6.54 Å². The largest absolute Gasteiger partial charge is 0.435 e. The highest BCUT2D eigenvalue weighted by atomic mass is 16.6. The van der Waals surface area contributed by atoms with E-state index in [9.17, 15) is 20.1 Å². The number of hydrogen-bond acceptors (Lipinski definition) is 11. The standard InChI is InChI=1S/C17H30N8O6/c1-12(21-27)16(2,3)20-7-9-31-23-17(4,5)13(22-28)10-19-14(26)11-24-8-6-18-15(24)25(29)30/h6,8,20,23,27-28H,7,9-11H2,1-5H3,(H,19,26)/b21-12+,22-13+. The van der Waals surface area contributed by atoms with Crippen molar-refractivity contribution in [3.8, 4) is 0 Å². The van der Waals surface area contributed by atoms with Crippen LogP contribution in [0.3, 0.4) is 0 Å². The zero-order chi connectivity index (χ0) is 23.7. The second kappa shape index (κ2) is 11.3. The van der Waals surface area contributed by atoms with Gasteiger partial charge >= 0.3 is 5.95 Å². The van der Waals surface area contributed by atoms with Crippen molar-refractivity contribution in [2.45, 2.75) is 52.2 Å². The van der Waals surface area contributed by atoms with Gasteiger partial charge in [0.2, 0.25) is 0 Å². The zero-order valence-corrected chi connectivity index (χ0v) is 18.2. The smallest absolute Gasteiger partial charge is 0.411 e. The van der Waals surface area contributed by atoms with Crippen molar-refractivity contribution < 1.29 is 25.0 Å². The minimum atomic E-state index is -0.930. The summed E-state index contributed by atoms with van der Waals surface area (Å²) in [7, 11) is 0. The summed E-state index contributed by atoms with van der Waals surface area (Å²) in [5.41, 5.74) is 2.02. The van der Waals surface area contributed by atoms with Crippen molar-refractivity contribution in [2.75, 3.05) is 19.7 Å². The third-order valence-corrected chi connectivity index (χ3v) is 4.62. The summed E-state index contributed by atoms with van der Waals surface area (Å²) in [6, 6.07) is 0. The number of imidazole rings is 1. The molecule has 0 spiro atoms. The Kier molecular flexibility index (Phi) is 9.48. The molecule has 174 valence electrons. The number of oxime groups is 2. The fourth-order valence-electron chi connectivity index (χ4n) is 2.33. The highest BCUT2D eigenvalue weighted by Gasteiger charge is 2.27. The van der Waals surface area contributed by atoms with Gasteiger partial charge in [-0.3, -0.25) is 9.63 Å². The number of rotatable bonds is 13. The van der Waals surface area contributed by atoms with Crippen LogP contribution in [0.1, 0.15) is 34.6 Å². The lowest BCUT2D eigenvalue weighted by Crippen LogP contribution is -2.52. The molecule has 1 rings (SSSR count). The normalized spacial score (nSPS) is 13.3. The maximum Gasteiger partial charge on any atom is 0.435 e. The van der Waals surface area contributed by atoms with E-state index in [0.717, 1.165) is 4.57 Å². The molecule has 0 radical (unpaired) electrons. The van der Waals surface area contributed by atoms with Gasteiger partial charge in [-0.15, -0.1) is 0 Å². The van der Waals surface area contributed by atoms with E-state index in [1.165, 1.54) is 12.4 Å². The van der Waals surface area contributed by atoms with Crippen LogP contribution in [0, 0.1) is 10.1 Å². The lowest BCUT2D eigenvalue weighted by Gasteiger charge is -2.28. The zero-order valence-electron chi connectivity index (χ0n) is 18.2. The van der Waals surface area contributed by atoms with Gasteiger partial charge in [0.05, 0.1) is 35.7 Å². The molecule has 0 aliphatic carbocycles. The van der Waals surface area contributed by atoms with E-state index in [0.29, 0.717) is 12.3 Å². The average Bonchev–Trinajstić information content (AvgIpc) is 3.15. The van der Waals surface area contributed by atoms with E-state index in [4.69, 9.17) is 10.0 Å². The molecule has 0 aromatic carbocycles. The fraction of sp³-hybridized carbons (Fsp3) is 0.647. The van der Waals surface area contributed by atoms with Crippen LogP contribution in [-0.4, -0.2) is 73.0 Å². The molecule has 1 aromatic heterocycles. The fourth-order valence-corrected chi connectivity index (χ4v) is 2.33. The third kappa shape index (κ3) is 7.92. The Morgan fingerprint density at radius 2 is 1.97 bits per heavy atom. The molecule has 1 aromatic rings. The Labute approximate surface area is 179 Å². The van der Waals surface area contributed by atoms with E-state index in [1.807, 2.05) is 13.8 Å². The van der Waals surface area contributed by atoms with Crippen LogP contribution in [0.5, 0.6) is 0 Å². The maximum atomic E-state index is 12.1. The van der Waals surface area contributed by atoms with E-state index in [1.54, 1.807) is 20.8 Å². The molecular formula is C17H30N8O6. The minimum Gasteiger partial charge on any atom is -0.411 e. The van der Waals surface area contributed by atoms with Gasteiger partial charge in [0.25, 0.3) is 5.91 Å². The predicted octanol–water partition coefficient (Wildman–Crippen LogP) is 0.256. The molecule has 0 saturated carbocycles. The number of hydroxylamine groups is 1. The minimum absolute atomic E-state index is 0.112. The molecule has 5 N–H and O–H groups in total. The molecule has 0 saturated heterocycles. The average molecular weight is 442 g/mol. The number of nitro groups is 1. The van der Waals surface area contributed by atoms with Crippen molar-refractivity contribution in [1.82, 2.24) is 25.7 Å². The van der Waals surface area contributed by atoms with Crippen LogP contribution < -0.4 is 16.1 Å². The second-order valence-electron chi connectivity index (χ2n) is 7.75. The van der Waals surface area contributed by atoms with Gasteiger partial charge in [0.1, 0.15) is 12.4 Å². The highest BCUT2D eigenvalue weighted by Crippen LogP contribution is 2.08. The van der Waals surface area contributed by atoms with Crippen molar-refractivity contribution in [2.24, 2.45) is 10.3 Å². The number of amides is 1. The first-order valence-corrected chi connectivity index (χ1v) is 9.41. The molecule has 0 aliphatic heterocycles. The number of hydrogen-bond donors (Lipinski definition) is 5. The maximum absolute atomic E-state index is 12.1. The van der Waals surface area contributed by atoms with Gasteiger partial charge in [-0.25, -0.2) is 4.57 Å². The number of nitrogens with zero attached hydrogens (tertiary/aromatic N) is 5. The van der Waals surface area contributed by atoms with Crippen LogP contribution in [0.4, 0.5) is 5.95 Å². The molecule has 31 heavy (non-hydrogen) atoms. The van der Waals surface area contributed by atoms with Crippen LogP contribution in [0.2, 0.25) is 0 Å². The second-order valence-corrected chi connectivity index (χ2v) is 7.75. The first-order chi connectivity index (χ1) is 14.4. The van der Waals surface area contributed by atoms with Crippen LogP contribution >= 0.6 is 0 Å². The summed E-state index contributed by atoms with van der Waals surface area (Å²) in [6.45, 7) is 9.06. The van der Waals surface area contributed by atoms with Gasteiger partial charge < -0.3 is 31.2 Å². The van der Waals surface area contributed by atoms with Crippen LogP contribution in [0.15, 0.2) is 22.7 Å². The number of aromatic nitrogens is 2. The predicted molar refractivity (Wildman–Crippen MR) is 111 cm³/mol. The van der Waals surface area contributed by atoms with Gasteiger partial charge in [0, 0.05) is 6.54 Å². The summed E-state index contributed by atoms with van der Waals surface area (Å²) in [5.74, 6) is -0.967. The third-order valence-electron chi connectivity index (χ3n) is 4.62. The van der Waals surface area contributed by atoms with Crippen molar-refractivity contribution in [3.05, 3.63) is 22.5 Å². The number of nitrogens with one attached hydrogen (secondary N) is 3. The lowest BCUT2D eigenvalue weighted by molar-refractivity contribution is -0.396. The molecule has 14 nitrogen and oxygen atoms in total. The first kappa shape index (κ1) is 25.9. The molecule has 1 heterocycles. The Hall–Kier alpha value is -3.10. The monoisotopic (exact) mass is 442 g/mol. The summed E-state index contributed by atoms with van der Waals surface area (Å²) >= 11 is 0. The molecule has 0 bridgehead atoms. The SMILES string of the molecule is C/C(=N\O)C(C)(C)NCCONC(C)(C)/C(CNC(=O)Cn1ccnc1[N+](=O)[O-])=N/O. The Balaban J connectivity index is 2.48. The van der Waals surface area contributed by atoms with E-state index in [2.05, 4.69) is 31.4 Å². The summed E-state index contributed by atoms with van der Waals surface area (Å²) in [5, 5.41) is 41.2. The Bertz CT molecular complexity index is 817. The van der Waals surface area contributed by atoms with E-state index < -0.39 is 27.9 Å². The van der Waals surface area contributed by atoms with Crippen LogP contribution in [0.25, 0.3) is 0 Å². The molecule has 0 aliphatic rings. The molecule has 1 amide bonds. The van der Waals surface area contributed by atoms with Gasteiger partial charge in [-0.05, 0) is 39.5 Å². The Morgan fingerprint density at radius 3 is 2.55 bits per heavy atom. The first-order valence-electron chi connectivity index (χ1n) is 9.41.